The van der Waals surface area contributed by atoms with Crippen LogP contribution in [0.2, 0.25) is 5.02 Å². The molecule has 0 aromatic heterocycles. The first-order chi connectivity index (χ1) is 7.24. The van der Waals surface area contributed by atoms with Gasteiger partial charge in [0.1, 0.15) is 5.75 Å². The van der Waals surface area contributed by atoms with E-state index in [-0.39, 0.29) is 6.61 Å². The van der Waals surface area contributed by atoms with Crippen LogP contribution in [0.3, 0.4) is 0 Å². The number of aryl methyl sites for hydroxylation is 1. The van der Waals surface area contributed by atoms with Gasteiger partial charge in [-0.25, -0.2) is 0 Å². The van der Waals surface area contributed by atoms with Gasteiger partial charge >= 0.3 is 0 Å². The first-order valence-electron chi connectivity index (χ1n) is 5.24. The van der Waals surface area contributed by atoms with E-state index >= 15 is 0 Å². The smallest absolute Gasteiger partial charge is 0.137 e. The van der Waals surface area contributed by atoms with Gasteiger partial charge in [-0.15, -0.1) is 0 Å². The third-order valence-electron chi connectivity index (χ3n) is 2.15. The van der Waals surface area contributed by atoms with Gasteiger partial charge in [0.2, 0.25) is 0 Å². The molecule has 0 unspecified atom stereocenters. The molecule has 0 spiro atoms. The number of benzene rings is 1. The number of hydrogen-bond acceptors (Lipinski definition) is 2. The molecule has 0 amide bonds. The van der Waals surface area contributed by atoms with Crippen LogP contribution in [0.5, 0.6) is 5.75 Å². The summed E-state index contributed by atoms with van der Waals surface area (Å²) >= 11 is 6.00. The Bertz CT molecular complexity index is 300. The fraction of sp³-hybridized carbons (Fsp3) is 0.500. The van der Waals surface area contributed by atoms with Gasteiger partial charge in [-0.05, 0) is 43.9 Å². The molecule has 0 bridgehead atoms. The van der Waals surface area contributed by atoms with E-state index < -0.39 is 0 Å². The fourth-order valence-electron chi connectivity index (χ4n) is 1.30. The van der Waals surface area contributed by atoms with E-state index in [1.165, 1.54) is 0 Å². The summed E-state index contributed by atoms with van der Waals surface area (Å²) in [6, 6.07) is 5.77. The highest BCUT2D eigenvalue weighted by molar-refractivity contribution is 6.32. The average Bonchev–Trinajstić information content (AvgIpc) is 2.20. The van der Waals surface area contributed by atoms with E-state index in [2.05, 4.69) is 0 Å². The van der Waals surface area contributed by atoms with E-state index in [0.717, 1.165) is 30.6 Å². The standard InChI is InChI=1S/C12H17ClO2/c1-10-5-6-12(11(13)9-10)15-8-4-2-3-7-14/h5-6,9,14H,2-4,7-8H2,1H3. The number of aliphatic hydroxyl groups excluding tert-OH is 1. The van der Waals surface area contributed by atoms with Crippen molar-refractivity contribution in [2.24, 2.45) is 0 Å². The summed E-state index contributed by atoms with van der Waals surface area (Å²) in [5.41, 5.74) is 1.13. The molecule has 0 atom stereocenters. The predicted molar refractivity (Wildman–Crippen MR) is 62.6 cm³/mol. The number of rotatable bonds is 6. The van der Waals surface area contributed by atoms with Crippen molar-refractivity contribution in [2.75, 3.05) is 13.2 Å². The summed E-state index contributed by atoms with van der Waals surface area (Å²) in [6.45, 7) is 2.91. The molecule has 3 heteroatoms. The van der Waals surface area contributed by atoms with Gasteiger partial charge in [-0.1, -0.05) is 17.7 Å². The molecule has 0 radical (unpaired) electrons. The van der Waals surface area contributed by atoms with Crippen molar-refractivity contribution in [3.63, 3.8) is 0 Å². The summed E-state index contributed by atoms with van der Waals surface area (Å²) in [5, 5.41) is 9.26. The van der Waals surface area contributed by atoms with Crippen LogP contribution in [-0.2, 0) is 0 Å². The molecule has 0 aliphatic rings. The Kier molecular flexibility index (Phi) is 5.51. The maximum atomic E-state index is 8.60. The minimum atomic E-state index is 0.255. The van der Waals surface area contributed by atoms with E-state index in [0.29, 0.717) is 11.6 Å². The SMILES string of the molecule is Cc1ccc(OCCCCCO)c(Cl)c1. The number of hydrogen-bond donors (Lipinski definition) is 1. The molecule has 0 saturated carbocycles. The van der Waals surface area contributed by atoms with Crippen LogP contribution in [0.15, 0.2) is 18.2 Å². The molecule has 15 heavy (non-hydrogen) atoms. The van der Waals surface area contributed by atoms with E-state index in [4.69, 9.17) is 21.4 Å². The molecule has 0 aliphatic heterocycles. The molecule has 0 aliphatic carbocycles. The van der Waals surface area contributed by atoms with Gasteiger partial charge in [0.25, 0.3) is 0 Å². The Morgan fingerprint density at radius 2 is 2.07 bits per heavy atom. The monoisotopic (exact) mass is 228 g/mol. The molecule has 0 heterocycles. The topological polar surface area (TPSA) is 29.5 Å². The number of unbranched alkanes of at least 4 members (excludes halogenated alkanes) is 2. The van der Waals surface area contributed by atoms with Crippen LogP contribution in [0, 0.1) is 6.92 Å². The summed E-state index contributed by atoms with van der Waals surface area (Å²) < 4.78 is 5.52. The van der Waals surface area contributed by atoms with E-state index in [9.17, 15) is 0 Å². The van der Waals surface area contributed by atoms with Gasteiger partial charge in [0.05, 0.1) is 11.6 Å². The minimum Gasteiger partial charge on any atom is -0.492 e. The van der Waals surface area contributed by atoms with Crippen molar-refractivity contribution in [3.05, 3.63) is 28.8 Å². The highest BCUT2D eigenvalue weighted by atomic mass is 35.5. The Labute approximate surface area is 95.8 Å². The van der Waals surface area contributed by atoms with Gasteiger partial charge in [-0.2, -0.15) is 0 Å². The quantitative estimate of drug-likeness (QED) is 0.758. The molecule has 0 saturated heterocycles. The van der Waals surface area contributed by atoms with Crippen LogP contribution in [-0.4, -0.2) is 18.3 Å². The van der Waals surface area contributed by atoms with Gasteiger partial charge < -0.3 is 9.84 Å². The number of ether oxygens (including phenoxy) is 1. The normalized spacial score (nSPS) is 10.3. The Morgan fingerprint density at radius 1 is 1.27 bits per heavy atom. The Morgan fingerprint density at radius 3 is 2.73 bits per heavy atom. The second-order valence-corrected chi connectivity index (χ2v) is 3.97. The zero-order chi connectivity index (χ0) is 11.1. The summed E-state index contributed by atoms with van der Waals surface area (Å²) in [4.78, 5) is 0. The molecule has 1 aromatic carbocycles. The van der Waals surface area contributed by atoms with Crippen LogP contribution >= 0.6 is 11.6 Å². The van der Waals surface area contributed by atoms with Gasteiger partial charge in [0.15, 0.2) is 0 Å². The van der Waals surface area contributed by atoms with Crippen molar-refractivity contribution < 1.29 is 9.84 Å². The first kappa shape index (κ1) is 12.3. The fourth-order valence-corrected chi connectivity index (χ4v) is 1.59. The lowest BCUT2D eigenvalue weighted by molar-refractivity contribution is 0.266. The molecule has 2 nitrogen and oxygen atoms in total. The predicted octanol–water partition coefficient (Wildman–Crippen LogP) is 3.19. The summed E-state index contributed by atoms with van der Waals surface area (Å²) in [5.74, 6) is 0.742. The second kappa shape index (κ2) is 6.70. The van der Waals surface area contributed by atoms with Crippen LogP contribution in [0.1, 0.15) is 24.8 Å². The van der Waals surface area contributed by atoms with Crippen molar-refractivity contribution >= 4 is 11.6 Å². The highest BCUT2D eigenvalue weighted by Gasteiger charge is 2.00. The molecular weight excluding hydrogens is 212 g/mol. The lowest BCUT2D eigenvalue weighted by Crippen LogP contribution is -1.98. The maximum Gasteiger partial charge on any atom is 0.137 e. The second-order valence-electron chi connectivity index (χ2n) is 3.57. The zero-order valence-electron chi connectivity index (χ0n) is 9.00. The molecule has 1 aromatic rings. The summed E-state index contributed by atoms with van der Waals surface area (Å²) in [7, 11) is 0. The summed E-state index contributed by atoms with van der Waals surface area (Å²) in [6.07, 6.45) is 2.77. The number of halogens is 1. The zero-order valence-corrected chi connectivity index (χ0v) is 9.76. The van der Waals surface area contributed by atoms with Crippen molar-refractivity contribution in [1.82, 2.24) is 0 Å². The third-order valence-corrected chi connectivity index (χ3v) is 2.44. The maximum absolute atomic E-state index is 8.60. The lowest BCUT2D eigenvalue weighted by Gasteiger charge is -2.08. The molecule has 1 N–H and O–H groups in total. The lowest BCUT2D eigenvalue weighted by atomic mass is 10.2. The van der Waals surface area contributed by atoms with E-state index in [1.54, 1.807) is 0 Å². The first-order valence-corrected chi connectivity index (χ1v) is 5.61. The van der Waals surface area contributed by atoms with Crippen LogP contribution < -0.4 is 4.74 Å². The largest absolute Gasteiger partial charge is 0.492 e. The minimum absolute atomic E-state index is 0.255. The molecule has 0 fully saturated rings. The van der Waals surface area contributed by atoms with Crippen LogP contribution in [0.4, 0.5) is 0 Å². The average molecular weight is 229 g/mol. The van der Waals surface area contributed by atoms with Gasteiger partial charge in [-0.3, -0.25) is 0 Å². The van der Waals surface area contributed by atoms with Crippen molar-refractivity contribution in [1.29, 1.82) is 0 Å². The van der Waals surface area contributed by atoms with Gasteiger partial charge in [0, 0.05) is 6.61 Å². The molecule has 84 valence electrons. The van der Waals surface area contributed by atoms with Crippen LogP contribution in [0.25, 0.3) is 0 Å². The Hall–Kier alpha value is -0.730. The molecular formula is C12H17ClO2. The highest BCUT2D eigenvalue weighted by Crippen LogP contribution is 2.25. The van der Waals surface area contributed by atoms with E-state index in [1.807, 2.05) is 25.1 Å². The third kappa shape index (κ3) is 4.54. The number of aliphatic hydroxyl groups is 1. The molecule has 1 rings (SSSR count). The Balaban J connectivity index is 2.31. The van der Waals surface area contributed by atoms with Crippen molar-refractivity contribution in [2.45, 2.75) is 26.2 Å². The van der Waals surface area contributed by atoms with Crippen molar-refractivity contribution in [3.8, 4) is 5.75 Å².